The number of aromatic nitrogens is 2. The van der Waals surface area contributed by atoms with Gasteiger partial charge in [-0.1, -0.05) is 18.2 Å². The molecule has 1 N–H and O–H groups in total. The van der Waals surface area contributed by atoms with Gasteiger partial charge in [0, 0.05) is 30.4 Å². The van der Waals surface area contributed by atoms with Gasteiger partial charge in [0.2, 0.25) is 15.9 Å². The van der Waals surface area contributed by atoms with Gasteiger partial charge in [0.15, 0.2) is 0 Å². The van der Waals surface area contributed by atoms with Crippen LogP contribution in [0.1, 0.15) is 29.5 Å². The van der Waals surface area contributed by atoms with E-state index in [1.165, 1.54) is 16.4 Å². The Labute approximate surface area is 199 Å². The molecule has 9 heteroatoms. The zero-order chi connectivity index (χ0) is 24.5. The van der Waals surface area contributed by atoms with Crippen molar-refractivity contribution < 1.29 is 13.2 Å². The number of hydrogen-bond acceptors (Lipinski definition) is 5. The molecule has 0 bridgehead atoms. The summed E-state index contributed by atoms with van der Waals surface area (Å²) >= 11 is 0. The van der Waals surface area contributed by atoms with Crippen molar-refractivity contribution >= 4 is 21.6 Å². The fraction of sp³-hybridized carbons (Fsp3) is 0.320. The molecule has 178 valence electrons. The molecule has 2 aromatic carbocycles. The molecule has 0 saturated carbocycles. The Morgan fingerprint density at radius 3 is 2.35 bits per heavy atom. The number of amides is 1. The minimum absolute atomic E-state index is 0.235. The smallest absolute Gasteiger partial charge is 0.267 e. The molecular weight excluding hydrogens is 452 g/mol. The molecule has 0 unspecified atom stereocenters. The first-order valence-electron chi connectivity index (χ1n) is 11.2. The van der Waals surface area contributed by atoms with E-state index in [9.17, 15) is 18.0 Å². The molecule has 1 fully saturated rings. The van der Waals surface area contributed by atoms with E-state index in [0.29, 0.717) is 35.6 Å². The Kier molecular flexibility index (Phi) is 6.67. The molecular formula is C25H28N4O4S. The van der Waals surface area contributed by atoms with Crippen molar-refractivity contribution in [2.24, 2.45) is 0 Å². The third kappa shape index (κ3) is 4.95. The van der Waals surface area contributed by atoms with Crippen LogP contribution in [-0.2, 0) is 21.4 Å². The fourth-order valence-corrected chi connectivity index (χ4v) is 5.74. The Morgan fingerprint density at radius 2 is 1.65 bits per heavy atom. The minimum atomic E-state index is -3.61. The maximum absolute atomic E-state index is 13.1. The van der Waals surface area contributed by atoms with Gasteiger partial charge in [-0.05, 0) is 74.6 Å². The molecule has 0 radical (unpaired) electrons. The highest BCUT2D eigenvalue weighted by atomic mass is 32.2. The number of nitrogens with zero attached hydrogens (tertiary/aromatic N) is 3. The predicted molar refractivity (Wildman–Crippen MR) is 131 cm³/mol. The largest absolute Gasteiger partial charge is 0.324 e. The Bertz CT molecular complexity index is 1410. The van der Waals surface area contributed by atoms with E-state index in [1.54, 1.807) is 25.1 Å². The summed E-state index contributed by atoms with van der Waals surface area (Å²) in [6.45, 7) is 6.49. The van der Waals surface area contributed by atoms with Crippen LogP contribution < -0.4 is 10.9 Å². The lowest BCUT2D eigenvalue weighted by Gasteiger charge is -2.18. The van der Waals surface area contributed by atoms with Crippen molar-refractivity contribution in [3.8, 4) is 11.3 Å². The van der Waals surface area contributed by atoms with Crippen LogP contribution in [-0.4, -0.2) is 41.5 Å². The first-order valence-corrected chi connectivity index (χ1v) is 12.7. The molecule has 0 atom stereocenters. The van der Waals surface area contributed by atoms with Crippen LogP contribution in [0.25, 0.3) is 11.3 Å². The van der Waals surface area contributed by atoms with Crippen molar-refractivity contribution in [2.75, 3.05) is 18.4 Å². The van der Waals surface area contributed by atoms with Crippen molar-refractivity contribution in [2.45, 2.75) is 45.1 Å². The van der Waals surface area contributed by atoms with E-state index < -0.39 is 15.6 Å². The number of sulfonamides is 1. The number of aryl methyl sites for hydroxylation is 3. The second-order valence-electron chi connectivity index (χ2n) is 8.65. The van der Waals surface area contributed by atoms with Crippen LogP contribution in [0.5, 0.6) is 0 Å². The summed E-state index contributed by atoms with van der Waals surface area (Å²) in [5.41, 5.74) is 4.02. The lowest BCUT2D eigenvalue weighted by atomic mass is 10.1. The summed E-state index contributed by atoms with van der Waals surface area (Å²) in [6, 6.07) is 13.6. The molecule has 1 aliphatic heterocycles. The van der Waals surface area contributed by atoms with Crippen molar-refractivity contribution in [1.82, 2.24) is 14.1 Å². The molecule has 1 amide bonds. The molecule has 8 nitrogen and oxygen atoms in total. The van der Waals surface area contributed by atoms with Crippen LogP contribution >= 0.6 is 0 Å². The molecule has 1 aromatic heterocycles. The number of anilines is 1. The highest BCUT2D eigenvalue weighted by Crippen LogP contribution is 2.27. The summed E-state index contributed by atoms with van der Waals surface area (Å²) in [4.78, 5) is 25.2. The lowest BCUT2D eigenvalue weighted by Crippen LogP contribution is -2.29. The van der Waals surface area contributed by atoms with Gasteiger partial charge in [-0.25, -0.2) is 13.1 Å². The molecule has 34 heavy (non-hydrogen) atoms. The maximum atomic E-state index is 13.1. The number of hydrogen-bond donors (Lipinski definition) is 1. The molecule has 1 aliphatic rings. The zero-order valence-corrected chi connectivity index (χ0v) is 20.4. The van der Waals surface area contributed by atoms with E-state index in [-0.39, 0.29) is 17.3 Å². The average molecular weight is 481 g/mol. The van der Waals surface area contributed by atoms with Gasteiger partial charge < -0.3 is 5.32 Å². The van der Waals surface area contributed by atoms with Gasteiger partial charge in [-0.3, -0.25) is 9.59 Å². The van der Waals surface area contributed by atoms with Crippen LogP contribution in [0.2, 0.25) is 0 Å². The van der Waals surface area contributed by atoms with Gasteiger partial charge in [-0.2, -0.15) is 9.40 Å². The topological polar surface area (TPSA) is 101 Å². The second-order valence-corrected chi connectivity index (χ2v) is 10.6. The van der Waals surface area contributed by atoms with Gasteiger partial charge in [0.1, 0.15) is 6.54 Å². The summed E-state index contributed by atoms with van der Waals surface area (Å²) in [5, 5.41) is 7.13. The highest BCUT2D eigenvalue weighted by molar-refractivity contribution is 7.89. The lowest BCUT2D eigenvalue weighted by molar-refractivity contribution is -0.117. The summed E-state index contributed by atoms with van der Waals surface area (Å²) < 4.78 is 28.8. The van der Waals surface area contributed by atoms with Crippen LogP contribution in [0.3, 0.4) is 0 Å². The third-order valence-electron chi connectivity index (χ3n) is 6.12. The van der Waals surface area contributed by atoms with E-state index in [0.717, 1.165) is 28.7 Å². The summed E-state index contributed by atoms with van der Waals surface area (Å²) in [7, 11) is -3.61. The highest BCUT2D eigenvalue weighted by Gasteiger charge is 2.28. The average Bonchev–Trinajstić information content (AvgIpc) is 3.34. The molecule has 0 spiro atoms. The predicted octanol–water partition coefficient (Wildman–Crippen LogP) is 3.26. The van der Waals surface area contributed by atoms with E-state index in [4.69, 9.17) is 0 Å². The molecule has 3 aromatic rings. The number of carbonyl (C=O) groups is 1. The second kappa shape index (κ2) is 9.52. The van der Waals surface area contributed by atoms with Crippen molar-refractivity contribution in [3.63, 3.8) is 0 Å². The number of rotatable bonds is 6. The van der Waals surface area contributed by atoms with Gasteiger partial charge in [0.25, 0.3) is 5.56 Å². The van der Waals surface area contributed by atoms with Crippen molar-refractivity contribution in [1.29, 1.82) is 0 Å². The van der Waals surface area contributed by atoms with Crippen LogP contribution in [0, 0.1) is 20.8 Å². The normalized spacial score (nSPS) is 14.3. The van der Waals surface area contributed by atoms with Gasteiger partial charge >= 0.3 is 0 Å². The Hall–Kier alpha value is -3.30. The SMILES string of the molecule is Cc1ccc(NC(=O)Cn2nc(-c3ccc(C)c(S(=O)(=O)N4CCCC4)c3)ccc2=O)cc1C. The van der Waals surface area contributed by atoms with Gasteiger partial charge in [0.05, 0.1) is 10.6 Å². The third-order valence-corrected chi connectivity index (χ3v) is 8.16. The Balaban J connectivity index is 1.60. The molecule has 1 saturated heterocycles. The summed E-state index contributed by atoms with van der Waals surface area (Å²) in [5.74, 6) is -0.379. The fourth-order valence-electron chi connectivity index (χ4n) is 3.98. The first-order chi connectivity index (χ1) is 16.1. The van der Waals surface area contributed by atoms with E-state index in [2.05, 4.69) is 10.4 Å². The van der Waals surface area contributed by atoms with Gasteiger partial charge in [-0.15, -0.1) is 0 Å². The van der Waals surface area contributed by atoms with Crippen LogP contribution in [0.4, 0.5) is 5.69 Å². The number of benzene rings is 2. The van der Waals surface area contributed by atoms with Crippen molar-refractivity contribution in [3.05, 3.63) is 75.6 Å². The van der Waals surface area contributed by atoms with Crippen LogP contribution in [0.15, 0.2) is 58.2 Å². The monoisotopic (exact) mass is 480 g/mol. The zero-order valence-electron chi connectivity index (χ0n) is 19.5. The molecule has 2 heterocycles. The van der Waals surface area contributed by atoms with E-state index in [1.807, 2.05) is 32.0 Å². The molecule has 0 aliphatic carbocycles. The Morgan fingerprint density at radius 1 is 0.941 bits per heavy atom. The minimum Gasteiger partial charge on any atom is -0.324 e. The quantitative estimate of drug-likeness (QED) is 0.584. The standard InChI is InChI=1S/C25H28N4O4S/c1-17-7-9-21(14-19(17)3)26-24(30)16-29-25(31)11-10-22(27-29)20-8-6-18(2)23(15-20)34(32,33)28-12-4-5-13-28/h6-11,14-15H,4-5,12-13,16H2,1-3H3,(H,26,30). The maximum Gasteiger partial charge on any atom is 0.267 e. The van der Waals surface area contributed by atoms with E-state index >= 15 is 0 Å². The molecule has 4 rings (SSSR count). The summed E-state index contributed by atoms with van der Waals surface area (Å²) in [6.07, 6.45) is 1.71. The number of carbonyl (C=O) groups excluding carboxylic acids is 1. The first kappa shape index (κ1) is 23.8. The number of nitrogens with one attached hydrogen (secondary N) is 1.